The van der Waals surface area contributed by atoms with Crippen LogP contribution in [0.2, 0.25) is 0 Å². The smallest absolute Gasteiger partial charge is 0.0649 e. The van der Waals surface area contributed by atoms with Gasteiger partial charge in [0.25, 0.3) is 0 Å². The normalized spacial score (nSPS) is 20.3. The average Bonchev–Trinajstić information content (AvgIpc) is 2.79. The summed E-state index contributed by atoms with van der Waals surface area (Å²) in [6.07, 6.45) is 1.06. The van der Waals surface area contributed by atoms with Crippen LogP contribution in [0.5, 0.6) is 0 Å². The summed E-state index contributed by atoms with van der Waals surface area (Å²) < 4.78 is 3.14. The van der Waals surface area contributed by atoms with E-state index in [0.717, 1.165) is 41.9 Å². The molecule has 2 N–H and O–H groups in total. The molecule has 0 amide bonds. The van der Waals surface area contributed by atoms with Crippen molar-refractivity contribution in [3.8, 4) is 5.69 Å². The third kappa shape index (κ3) is 4.27. The zero-order valence-corrected chi connectivity index (χ0v) is 17.8. The Hall–Kier alpha value is -0.880. The van der Waals surface area contributed by atoms with Crippen molar-refractivity contribution in [1.82, 2.24) is 14.7 Å². The molecule has 6 heteroatoms. The highest BCUT2D eigenvalue weighted by molar-refractivity contribution is 9.10. The van der Waals surface area contributed by atoms with E-state index < -0.39 is 0 Å². The second-order valence-corrected chi connectivity index (χ2v) is 8.55. The molecule has 0 bridgehead atoms. The van der Waals surface area contributed by atoms with Gasteiger partial charge >= 0.3 is 0 Å². The van der Waals surface area contributed by atoms with Gasteiger partial charge in [0.05, 0.1) is 11.4 Å². The van der Waals surface area contributed by atoms with Crippen molar-refractivity contribution in [1.29, 1.82) is 0 Å². The van der Waals surface area contributed by atoms with Crippen molar-refractivity contribution >= 4 is 28.3 Å². The first-order chi connectivity index (χ1) is 11.3. The molecule has 1 aromatic carbocycles. The van der Waals surface area contributed by atoms with E-state index in [0.29, 0.717) is 6.04 Å². The van der Waals surface area contributed by atoms with Gasteiger partial charge in [0.1, 0.15) is 0 Å². The summed E-state index contributed by atoms with van der Waals surface area (Å²) in [6, 6.07) is 8.59. The molecule has 25 heavy (non-hydrogen) atoms. The van der Waals surface area contributed by atoms with Crippen LogP contribution in [-0.4, -0.2) is 33.8 Å². The first kappa shape index (κ1) is 20.4. The van der Waals surface area contributed by atoms with Gasteiger partial charge in [-0.1, -0.05) is 29.8 Å². The molecule has 3 rings (SSSR count). The van der Waals surface area contributed by atoms with Crippen molar-refractivity contribution in [2.45, 2.75) is 46.7 Å². The first-order valence-corrected chi connectivity index (χ1v) is 9.36. The van der Waals surface area contributed by atoms with Crippen molar-refractivity contribution in [2.24, 2.45) is 11.1 Å². The molecule has 4 nitrogen and oxygen atoms in total. The van der Waals surface area contributed by atoms with E-state index in [4.69, 9.17) is 10.8 Å². The van der Waals surface area contributed by atoms with Crippen LogP contribution >= 0.6 is 28.3 Å². The second kappa shape index (κ2) is 7.78. The van der Waals surface area contributed by atoms with Crippen LogP contribution in [0.1, 0.15) is 37.2 Å². The number of hydrogen-bond donors (Lipinski definition) is 1. The molecule has 1 fully saturated rings. The highest BCUT2D eigenvalue weighted by Crippen LogP contribution is 2.30. The first-order valence-electron chi connectivity index (χ1n) is 8.57. The van der Waals surface area contributed by atoms with E-state index in [-0.39, 0.29) is 17.8 Å². The molecule has 0 radical (unpaired) electrons. The Kier molecular flexibility index (Phi) is 6.36. The number of likely N-dealkylation sites (tertiary alicyclic amines) is 1. The Morgan fingerprint density at radius 1 is 1.24 bits per heavy atom. The summed E-state index contributed by atoms with van der Waals surface area (Å²) in [5.41, 5.74) is 11.2. The van der Waals surface area contributed by atoms with Crippen LogP contribution in [0.15, 0.2) is 28.7 Å². The van der Waals surface area contributed by atoms with Gasteiger partial charge in [-0.3, -0.25) is 4.90 Å². The Balaban J connectivity index is 0.00000225. The van der Waals surface area contributed by atoms with E-state index in [1.54, 1.807) is 0 Å². The van der Waals surface area contributed by atoms with Crippen LogP contribution < -0.4 is 5.73 Å². The molecule has 0 spiro atoms. The Bertz CT molecular complexity index is 724. The minimum Gasteiger partial charge on any atom is -0.327 e. The average molecular weight is 428 g/mol. The monoisotopic (exact) mass is 426 g/mol. The van der Waals surface area contributed by atoms with Gasteiger partial charge in [-0.05, 0) is 49.9 Å². The van der Waals surface area contributed by atoms with E-state index >= 15 is 0 Å². The quantitative estimate of drug-likeness (QED) is 0.797. The highest BCUT2D eigenvalue weighted by Gasteiger charge is 2.33. The number of aromatic nitrogens is 2. The maximum atomic E-state index is 6.27. The molecule has 138 valence electrons. The maximum Gasteiger partial charge on any atom is 0.0649 e. The number of benzene rings is 1. The lowest BCUT2D eigenvalue weighted by molar-refractivity contribution is 0.0896. The molecule has 0 aliphatic carbocycles. The lowest BCUT2D eigenvalue weighted by Crippen LogP contribution is -2.52. The van der Waals surface area contributed by atoms with E-state index in [9.17, 15) is 0 Å². The number of piperidine rings is 1. The Morgan fingerprint density at radius 2 is 1.88 bits per heavy atom. The van der Waals surface area contributed by atoms with Gasteiger partial charge in [-0.25, -0.2) is 4.68 Å². The molecule has 1 saturated heterocycles. The number of nitrogens with zero attached hydrogens (tertiary/aromatic N) is 3. The predicted molar refractivity (Wildman–Crippen MR) is 110 cm³/mol. The summed E-state index contributed by atoms with van der Waals surface area (Å²) in [6.45, 7) is 11.9. The van der Waals surface area contributed by atoms with Gasteiger partial charge in [-0.15, -0.1) is 12.4 Å². The van der Waals surface area contributed by atoms with Gasteiger partial charge in [-0.2, -0.15) is 5.10 Å². The second-order valence-electron chi connectivity index (χ2n) is 7.63. The van der Waals surface area contributed by atoms with Crippen LogP contribution in [0, 0.1) is 19.3 Å². The number of rotatable bonds is 3. The molecule has 1 atom stereocenters. The number of nitrogens with two attached hydrogens (primary N) is 1. The lowest BCUT2D eigenvalue weighted by atomic mass is 9.79. The fraction of sp³-hybridized carbons (Fsp3) is 0.526. The standard InChI is InChI=1S/C19H27BrN4.ClH/c1-13-17(11-23-10-9-18(21)19(3,4)12-23)14(2)24(22-13)16-7-5-15(20)6-8-16;/h5-8,18H,9-12,21H2,1-4H3;1H. The summed E-state index contributed by atoms with van der Waals surface area (Å²) in [5.74, 6) is 0. The summed E-state index contributed by atoms with van der Waals surface area (Å²) in [5, 5.41) is 4.78. The Labute approximate surface area is 165 Å². The van der Waals surface area contributed by atoms with E-state index in [1.165, 1.54) is 11.3 Å². The molecule has 1 aliphatic heterocycles. The SMILES string of the molecule is Cc1nn(-c2ccc(Br)cc2)c(C)c1CN1CCC(N)C(C)(C)C1.Cl. The lowest BCUT2D eigenvalue weighted by Gasteiger charge is -2.42. The van der Waals surface area contributed by atoms with E-state index in [1.807, 2.05) is 0 Å². The fourth-order valence-electron chi connectivity index (χ4n) is 3.58. The molecular formula is C19H28BrClN4. The predicted octanol–water partition coefficient (Wildman–Crippen LogP) is 4.23. The maximum absolute atomic E-state index is 6.27. The van der Waals surface area contributed by atoms with Crippen molar-refractivity contribution in [3.63, 3.8) is 0 Å². The third-order valence-electron chi connectivity index (χ3n) is 5.29. The van der Waals surface area contributed by atoms with Crippen LogP contribution in [0.3, 0.4) is 0 Å². The van der Waals surface area contributed by atoms with Gasteiger partial charge in [0.15, 0.2) is 0 Å². The summed E-state index contributed by atoms with van der Waals surface area (Å²) >= 11 is 3.49. The Morgan fingerprint density at radius 3 is 2.48 bits per heavy atom. The topological polar surface area (TPSA) is 47.1 Å². The molecule has 1 aliphatic rings. The molecule has 1 unspecified atom stereocenters. The largest absolute Gasteiger partial charge is 0.327 e. The van der Waals surface area contributed by atoms with Crippen molar-refractivity contribution < 1.29 is 0 Å². The molecule has 2 heterocycles. The van der Waals surface area contributed by atoms with Crippen LogP contribution in [-0.2, 0) is 6.54 Å². The number of halogens is 2. The number of aryl methyl sites for hydroxylation is 1. The zero-order chi connectivity index (χ0) is 17.5. The van der Waals surface area contributed by atoms with Gasteiger partial charge in [0.2, 0.25) is 0 Å². The van der Waals surface area contributed by atoms with Crippen molar-refractivity contribution in [2.75, 3.05) is 13.1 Å². The third-order valence-corrected chi connectivity index (χ3v) is 5.81. The molecular weight excluding hydrogens is 400 g/mol. The summed E-state index contributed by atoms with van der Waals surface area (Å²) in [7, 11) is 0. The van der Waals surface area contributed by atoms with Gasteiger partial charge < -0.3 is 5.73 Å². The summed E-state index contributed by atoms with van der Waals surface area (Å²) in [4.78, 5) is 2.52. The fourth-order valence-corrected chi connectivity index (χ4v) is 3.85. The van der Waals surface area contributed by atoms with Crippen LogP contribution in [0.25, 0.3) is 5.69 Å². The van der Waals surface area contributed by atoms with Crippen LogP contribution in [0.4, 0.5) is 0 Å². The number of hydrogen-bond acceptors (Lipinski definition) is 3. The minimum absolute atomic E-state index is 0. The molecule has 1 aromatic heterocycles. The van der Waals surface area contributed by atoms with Gasteiger partial charge in [0, 0.05) is 41.4 Å². The minimum atomic E-state index is 0. The molecule has 0 saturated carbocycles. The zero-order valence-electron chi connectivity index (χ0n) is 15.4. The highest BCUT2D eigenvalue weighted by atomic mass is 79.9. The van der Waals surface area contributed by atoms with E-state index in [2.05, 4.69) is 77.5 Å². The van der Waals surface area contributed by atoms with Crippen molar-refractivity contribution in [3.05, 3.63) is 45.7 Å². The molecule has 2 aromatic rings.